The number of hydrogen-bond acceptors (Lipinski definition) is 2. The minimum absolute atomic E-state index is 0.00264. The van der Waals surface area contributed by atoms with Crippen LogP contribution in [-0.2, 0) is 0 Å². The molecule has 1 aliphatic rings. The second-order valence-corrected chi connectivity index (χ2v) is 7.15. The second-order valence-electron chi connectivity index (χ2n) is 6.29. The van der Waals surface area contributed by atoms with Crippen LogP contribution in [0.4, 0.5) is 0 Å². The Kier molecular flexibility index (Phi) is 6.24. The molecule has 1 aromatic carbocycles. The van der Waals surface area contributed by atoms with E-state index in [9.17, 15) is 4.79 Å². The van der Waals surface area contributed by atoms with Crippen molar-refractivity contribution in [3.8, 4) is 0 Å². The van der Waals surface area contributed by atoms with Gasteiger partial charge in [-0.2, -0.15) is 0 Å². The van der Waals surface area contributed by atoms with E-state index in [1.807, 2.05) is 24.3 Å². The van der Waals surface area contributed by atoms with Crippen LogP contribution in [0.15, 0.2) is 28.7 Å². The fourth-order valence-corrected chi connectivity index (χ4v) is 3.68. The lowest BCUT2D eigenvalue weighted by Gasteiger charge is -2.34. The van der Waals surface area contributed by atoms with E-state index in [2.05, 4.69) is 40.0 Å². The molecule has 2 unspecified atom stereocenters. The van der Waals surface area contributed by atoms with Gasteiger partial charge in [0, 0.05) is 24.1 Å². The molecule has 2 rings (SSSR count). The highest BCUT2D eigenvalue weighted by Gasteiger charge is 2.21. The molecule has 1 N–H and O–H groups in total. The molecule has 0 radical (unpaired) electrons. The Labute approximate surface area is 136 Å². The summed E-state index contributed by atoms with van der Waals surface area (Å²) in [4.78, 5) is 14.6. The Morgan fingerprint density at radius 2 is 1.95 bits per heavy atom. The molecule has 1 fully saturated rings. The van der Waals surface area contributed by atoms with Crippen LogP contribution in [0.2, 0.25) is 0 Å². The molecule has 0 saturated carbocycles. The summed E-state index contributed by atoms with van der Waals surface area (Å²) in [6.45, 7) is 8.87. The van der Waals surface area contributed by atoms with Gasteiger partial charge in [0.25, 0.3) is 5.91 Å². The van der Waals surface area contributed by atoms with Gasteiger partial charge in [-0.25, -0.2) is 0 Å². The number of carbonyl (C=O) groups excluding carboxylic acids is 1. The molecule has 3 nitrogen and oxygen atoms in total. The fourth-order valence-electron chi connectivity index (χ4n) is 3.22. The maximum absolute atomic E-state index is 12.1. The van der Waals surface area contributed by atoms with Crippen LogP contribution >= 0.6 is 15.9 Å². The molecule has 1 aromatic rings. The maximum atomic E-state index is 12.1. The molecule has 1 aliphatic heterocycles. The van der Waals surface area contributed by atoms with Crippen molar-refractivity contribution in [3.05, 3.63) is 34.3 Å². The largest absolute Gasteiger partial charge is 0.352 e. The normalized spacial score (nSPS) is 23.0. The molecule has 0 bridgehead atoms. The molecule has 1 saturated heterocycles. The summed E-state index contributed by atoms with van der Waals surface area (Å²) in [7, 11) is 0. The van der Waals surface area contributed by atoms with E-state index in [0.29, 0.717) is 5.56 Å². The fraction of sp³-hybridized carbons (Fsp3) is 0.588. The number of nitrogens with one attached hydrogen (secondary N) is 1. The van der Waals surface area contributed by atoms with Gasteiger partial charge in [-0.15, -0.1) is 0 Å². The molecule has 1 heterocycles. The highest BCUT2D eigenvalue weighted by Crippen LogP contribution is 2.20. The topological polar surface area (TPSA) is 32.3 Å². The molecule has 0 aromatic heterocycles. The van der Waals surface area contributed by atoms with Crippen molar-refractivity contribution in [2.75, 3.05) is 26.2 Å². The molecular formula is C17H25BrN2O. The van der Waals surface area contributed by atoms with E-state index in [1.165, 1.54) is 19.5 Å². The molecule has 0 spiro atoms. The number of rotatable bonds is 5. The van der Waals surface area contributed by atoms with Crippen molar-refractivity contribution in [1.82, 2.24) is 10.2 Å². The van der Waals surface area contributed by atoms with E-state index in [1.54, 1.807) is 0 Å². The standard InChI is InChI=1S/C17H25BrN2O/c1-13-10-14(2)12-20(11-13)9-5-8-19-17(21)15-6-3-4-7-16(15)18/h3-4,6-7,13-14H,5,8-12H2,1-2H3,(H,19,21). The van der Waals surface area contributed by atoms with Crippen LogP contribution in [-0.4, -0.2) is 37.0 Å². The van der Waals surface area contributed by atoms with Crippen molar-refractivity contribution in [2.24, 2.45) is 11.8 Å². The Balaban J connectivity index is 1.70. The van der Waals surface area contributed by atoms with E-state index in [-0.39, 0.29) is 5.91 Å². The van der Waals surface area contributed by atoms with Gasteiger partial charge >= 0.3 is 0 Å². The van der Waals surface area contributed by atoms with E-state index in [0.717, 1.165) is 35.8 Å². The first-order valence-electron chi connectivity index (χ1n) is 7.81. The summed E-state index contributed by atoms with van der Waals surface area (Å²) in [5.74, 6) is 1.59. The molecule has 1 amide bonds. The van der Waals surface area contributed by atoms with Crippen LogP contribution in [0.5, 0.6) is 0 Å². The number of carbonyl (C=O) groups is 1. The highest BCUT2D eigenvalue weighted by atomic mass is 79.9. The summed E-state index contributed by atoms with van der Waals surface area (Å²) >= 11 is 3.41. The van der Waals surface area contributed by atoms with Crippen molar-refractivity contribution in [1.29, 1.82) is 0 Å². The van der Waals surface area contributed by atoms with Gasteiger partial charge in [0.2, 0.25) is 0 Å². The average Bonchev–Trinajstić information content (AvgIpc) is 2.43. The number of hydrogen-bond donors (Lipinski definition) is 1. The van der Waals surface area contributed by atoms with Gasteiger partial charge in [0.1, 0.15) is 0 Å². The molecule has 21 heavy (non-hydrogen) atoms. The second kappa shape index (κ2) is 7.95. The summed E-state index contributed by atoms with van der Waals surface area (Å²) in [6, 6.07) is 7.54. The first kappa shape index (κ1) is 16.5. The lowest BCUT2D eigenvalue weighted by atomic mass is 9.92. The van der Waals surface area contributed by atoms with Gasteiger partial charge in [0.15, 0.2) is 0 Å². The number of halogens is 1. The molecule has 4 heteroatoms. The minimum Gasteiger partial charge on any atom is -0.352 e. The third kappa shape index (κ3) is 5.11. The zero-order chi connectivity index (χ0) is 15.2. The summed E-state index contributed by atoms with van der Waals surface area (Å²) < 4.78 is 0.848. The Hall–Kier alpha value is -0.870. The van der Waals surface area contributed by atoms with Gasteiger partial charge in [-0.05, 0) is 59.3 Å². The predicted octanol–water partition coefficient (Wildman–Crippen LogP) is 3.55. The first-order valence-corrected chi connectivity index (χ1v) is 8.60. The SMILES string of the molecule is CC1CC(C)CN(CCCNC(=O)c2ccccc2Br)C1. The van der Waals surface area contributed by atoms with E-state index >= 15 is 0 Å². The van der Waals surface area contributed by atoms with Crippen LogP contribution in [0, 0.1) is 11.8 Å². The van der Waals surface area contributed by atoms with Crippen molar-refractivity contribution < 1.29 is 4.79 Å². The van der Waals surface area contributed by atoms with Crippen LogP contribution in [0.3, 0.4) is 0 Å². The highest BCUT2D eigenvalue weighted by molar-refractivity contribution is 9.10. The number of piperidine rings is 1. The van der Waals surface area contributed by atoms with E-state index < -0.39 is 0 Å². The molecule has 116 valence electrons. The zero-order valence-corrected chi connectivity index (χ0v) is 14.5. The molecular weight excluding hydrogens is 328 g/mol. The number of nitrogens with zero attached hydrogens (tertiary/aromatic N) is 1. The minimum atomic E-state index is 0.00264. The summed E-state index contributed by atoms with van der Waals surface area (Å²) in [5.41, 5.74) is 0.706. The van der Waals surface area contributed by atoms with Crippen LogP contribution in [0.25, 0.3) is 0 Å². The first-order chi connectivity index (χ1) is 10.1. The van der Waals surface area contributed by atoms with E-state index in [4.69, 9.17) is 0 Å². The molecule has 0 aliphatic carbocycles. The third-order valence-electron chi connectivity index (χ3n) is 4.00. The maximum Gasteiger partial charge on any atom is 0.252 e. The lowest BCUT2D eigenvalue weighted by Crippen LogP contribution is -2.40. The zero-order valence-electron chi connectivity index (χ0n) is 12.9. The number of amides is 1. The van der Waals surface area contributed by atoms with Gasteiger partial charge in [-0.3, -0.25) is 4.79 Å². The van der Waals surface area contributed by atoms with Crippen LogP contribution < -0.4 is 5.32 Å². The van der Waals surface area contributed by atoms with Gasteiger partial charge < -0.3 is 10.2 Å². The Morgan fingerprint density at radius 3 is 2.62 bits per heavy atom. The van der Waals surface area contributed by atoms with Crippen molar-refractivity contribution >= 4 is 21.8 Å². The lowest BCUT2D eigenvalue weighted by molar-refractivity contribution is 0.0946. The van der Waals surface area contributed by atoms with Gasteiger partial charge in [-0.1, -0.05) is 26.0 Å². The Bertz CT molecular complexity index is 468. The summed E-state index contributed by atoms with van der Waals surface area (Å²) in [6.07, 6.45) is 2.35. The smallest absolute Gasteiger partial charge is 0.252 e. The molecule has 2 atom stereocenters. The monoisotopic (exact) mass is 352 g/mol. The van der Waals surface area contributed by atoms with Gasteiger partial charge in [0.05, 0.1) is 5.56 Å². The Morgan fingerprint density at radius 1 is 1.29 bits per heavy atom. The van der Waals surface area contributed by atoms with Crippen molar-refractivity contribution in [2.45, 2.75) is 26.7 Å². The number of likely N-dealkylation sites (tertiary alicyclic amines) is 1. The third-order valence-corrected chi connectivity index (χ3v) is 4.69. The average molecular weight is 353 g/mol. The summed E-state index contributed by atoms with van der Waals surface area (Å²) in [5, 5.41) is 3.01. The predicted molar refractivity (Wildman–Crippen MR) is 90.5 cm³/mol. The van der Waals surface area contributed by atoms with Crippen molar-refractivity contribution in [3.63, 3.8) is 0 Å². The number of benzene rings is 1. The quantitative estimate of drug-likeness (QED) is 0.821. The van der Waals surface area contributed by atoms with Crippen LogP contribution in [0.1, 0.15) is 37.0 Å².